The summed E-state index contributed by atoms with van der Waals surface area (Å²) in [6, 6.07) is 11.3. The van der Waals surface area contributed by atoms with E-state index < -0.39 is 28.3 Å². The van der Waals surface area contributed by atoms with E-state index in [-0.39, 0.29) is 4.90 Å². The first kappa shape index (κ1) is 24.4. The third kappa shape index (κ3) is 4.61. The number of sulfonamides is 1. The van der Waals surface area contributed by atoms with Crippen molar-refractivity contribution in [3.63, 3.8) is 0 Å². The van der Waals surface area contributed by atoms with Gasteiger partial charge in [0.15, 0.2) is 0 Å². The molecule has 2 aromatic rings. The van der Waals surface area contributed by atoms with E-state index in [2.05, 4.69) is 0 Å². The van der Waals surface area contributed by atoms with E-state index in [4.69, 9.17) is 14.0 Å². The highest BCUT2D eigenvalue weighted by atomic mass is 32.2. The fourth-order valence-corrected chi connectivity index (χ4v) is 4.89. The van der Waals surface area contributed by atoms with Crippen LogP contribution in [0.5, 0.6) is 11.5 Å². The summed E-state index contributed by atoms with van der Waals surface area (Å²) in [7, 11) is -4.19. The Morgan fingerprint density at radius 3 is 1.97 bits per heavy atom. The van der Waals surface area contributed by atoms with Gasteiger partial charge in [0.1, 0.15) is 17.8 Å². The summed E-state index contributed by atoms with van der Waals surface area (Å²) in [4.78, 5) is 12.0. The lowest BCUT2D eigenvalue weighted by Crippen LogP contribution is -2.41. The molecule has 0 radical (unpaired) electrons. The maximum Gasteiger partial charge on any atom is 0.495 e. The lowest BCUT2D eigenvalue weighted by Gasteiger charge is -2.32. The second kappa shape index (κ2) is 8.98. The number of hydrogen-bond acceptors (Lipinski definition) is 6. The SMILES string of the molecule is CCN(CC)S(=O)(=O)c1ccc(Oc2ccc(B3OC(C)(C)C(C)(C)O3)c(C=O)c2)cc1. The van der Waals surface area contributed by atoms with Gasteiger partial charge in [-0.1, -0.05) is 19.9 Å². The molecule has 0 bridgehead atoms. The number of rotatable bonds is 8. The van der Waals surface area contributed by atoms with Crippen LogP contribution in [0.2, 0.25) is 0 Å². The Morgan fingerprint density at radius 1 is 0.938 bits per heavy atom. The zero-order valence-corrected chi connectivity index (χ0v) is 20.2. The van der Waals surface area contributed by atoms with E-state index in [1.54, 1.807) is 44.2 Å². The Kier molecular flexibility index (Phi) is 6.86. The van der Waals surface area contributed by atoms with Gasteiger partial charge in [-0.25, -0.2) is 8.42 Å². The molecule has 32 heavy (non-hydrogen) atoms. The van der Waals surface area contributed by atoms with Gasteiger partial charge in [0.05, 0.1) is 16.1 Å². The summed E-state index contributed by atoms with van der Waals surface area (Å²) in [5, 5.41) is 0. The first-order chi connectivity index (χ1) is 14.9. The zero-order chi connectivity index (χ0) is 23.7. The molecule has 0 saturated carbocycles. The molecule has 1 heterocycles. The number of benzene rings is 2. The van der Waals surface area contributed by atoms with E-state index in [1.807, 2.05) is 27.7 Å². The van der Waals surface area contributed by atoms with Crippen LogP contribution in [0.3, 0.4) is 0 Å². The first-order valence-corrected chi connectivity index (χ1v) is 12.1. The largest absolute Gasteiger partial charge is 0.495 e. The molecule has 0 aromatic heterocycles. The van der Waals surface area contributed by atoms with Gasteiger partial charge >= 0.3 is 7.12 Å². The number of carbonyl (C=O) groups is 1. The van der Waals surface area contributed by atoms with Crippen molar-refractivity contribution in [2.24, 2.45) is 0 Å². The quantitative estimate of drug-likeness (QED) is 0.443. The maximum absolute atomic E-state index is 12.6. The van der Waals surface area contributed by atoms with E-state index in [1.165, 1.54) is 16.4 Å². The van der Waals surface area contributed by atoms with Gasteiger partial charge < -0.3 is 14.0 Å². The molecule has 1 fully saturated rings. The van der Waals surface area contributed by atoms with E-state index in [9.17, 15) is 13.2 Å². The van der Waals surface area contributed by atoms with Gasteiger partial charge in [-0.3, -0.25) is 4.79 Å². The van der Waals surface area contributed by atoms with Crippen LogP contribution in [0, 0.1) is 0 Å². The second-order valence-electron chi connectivity index (χ2n) is 8.66. The topological polar surface area (TPSA) is 82.1 Å². The minimum Gasteiger partial charge on any atom is -0.457 e. The summed E-state index contributed by atoms with van der Waals surface area (Å²) >= 11 is 0. The minimum atomic E-state index is -3.53. The van der Waals surface area contributed by atoms with Crippen LogP contribution in [0.4, 0.5) is 0 Å². The lowest BCUT2D eigenvalue weighted by atomic mass is 9.76. The van der Waals surface area contributed by atoms with E-state index >= 15 is 0 Å². The Labute approximate surface area is 190 Å². The summed E-state index contributed by atoms with van der Waals surface area (Å²) in [6.45, 7) is 12.2. The average Bonchev–Trinajstić information content (AvgIpc) is 2.96. The van der Waals surface area contributed by atoms with Gasteiger partial charge in [-0.2, -0.15) is 4.31 Å². The summed E-state index contributed by atoms with van der Waals surface area (Å²) in [5.41, 5.74) is 0.00818. The molecular weight excluding hydrogens is 429 g/mol. The number of nitrogens with zero attached hydrogens (tertiary/aromatic N) is 1. The van der Waals surface area contributed by atoms with Crippen LogP contribution in [0.25, 0.3) is 0 Å². The van der Waals surface area contributed by atoms with Crippen LogP contribution < -0.4 is 10.2 Å². The molecule has 0 aliphatic carbocycles. The highest BCUT2D eigenvalue weighted by molar-refractivity contribution is 7.89. The monoisotopic (exact) mass is 459 g/mol. The molecule has 3 rings (SSSR count). The van der Waals surface area contributed by atoms with Gasteiger partial charge in [0, 0.05) is 18.7 Å². The molecule has 0 N–H and O–H groups in total. The van der Waals surface area contributed by atoms with Gasteiger partial charge in [0.25, 0.3) is 0 Å². The third-order valence-electron chi connectivity index (χ3n) is 6.10. The van der Waals surface area contributed by atoms with Crippen LogP contribution in [0.1, 0.15) is 51.9 Å². The fourth-order valence-electron chi connectivity index (χ4n) is 3.43. The summed E-state index contributed by atoms with van der Waals surface area (Å²) < 4.78 is 44.6. The number of hydrogen-bond donors (Lipinski definition) is 0. The number of ether oxygens (including phenoxy) is 1. The zero-order valence-electron chi connectivity index (χ0n) is 19.4. The number of aldehydes is 1. The van der Waals surface area contributed by atoms with Gasteiger partial charge in [0.2, 0.25) is 10.0 Å². The average molecular weight is 459 g/mol. The highest BCUT2D eigenvalue weighted by Crippen LogP contribution is 2.37. The Hall–Kier alpha value is -2.20. The molecule has 1 aliphatic rings. The molecule has 2 aromatic carbocycles. The van der Waals surface area contributed by atoms with Crippen LogP contribution >= 0.6 is 0 Å². The van der Waals surface area contributed by atoms with E-state index in [0.717, 1.165) is 6.29 Å². The Balaban J connectivity index is 1.80. The van der Waals surface area contributed by atoms with Crippen molar-refractivity contribution in [2.75, 3.05) is 13.1 Å². The molecule has 0 unspecified atom stereocenters. The van der Waals surface area contributed by atoms with Crippen LogP contribution in [-0.4, -0.2) is 50.4 Å². The van der Waals surface area contributed by atoms with Gasteiger partial charge in [-0.05, 0) is 69.6 Å². The standard InChI is InChI=1S/C23H30BNO6S/c1-7-25(8-2)32(27,28)20-12-9-18(10-13-20)29-19-11-14-21(17(15-19)16-26)24-30-22(3,4)23(5,6)31-24/h9-16H,7-8H2,1-6H3. The molecule has 1 aliphatic heterocycles. The van der Waals surface area contributed by atoms with Crippen molar-refractivity contribution in [3.05, 3.63) is 48.0 Å². The van der Waals surface area contributed by atoms with Gasteiger partial charge in [-0.15, -0.1) is 0 Å². The predicted octanol–water partition coefficient (Wildman–Crippen LogP) is 3.62. The smallest absolute Gasteiger partial charge is 0.457 e. The van der Waals surface area contributed by atoms with Crippen molar-refractivity contribution in [1.29, 1.82) is 0 Å². The van der Waals surface area contributed by atoms with Crippen LogP contribution in [-0.2, 0) is 19.3 Å². The van der Waals surface area contributed by atoms with Crippen molar-refractivity contribution < 1.29 is 27.3 Å². The Morgan fingerprint density at radius 2 is 1.47 bits per heavy atom. The second-order valence-corrected chi connectivity index (χ2v) is 10.6. The molecule has 0 spiro atoms. The third-order valence-corrected chi connectivity index (χ3v) is 8.16. The van der Waals surface area contributed by atoms with E-state index in [0.29, 0.717) is 35.6 Å². The maximum atomic E-state index is 12.6. The molecule has 172 valence electrons. The summed E-state index contributed by atoms with van der Waals surface area (Å²) in [5.74, 6) is 0.912. The van der Waals surface area contributed by atoms with Crippen molar-refractivity contribution in [2.45, 2.75) is 57.6 Å². The normalized spacial score (nSPS) is 17.5. The summed E-state index contributed by atoms with van der Waals surface area (Å²) in [6.07, 6.45) is 0.743. The minimum absolute atomic E-state index is 0.207. The molecule has 0 amide bonds. The van der Waals surface area contributed by atoms with Crippen molar-refractivity contribution in [1.82, 2.24) is 4.31 Å². The molecular formula is C23H30BNO6S. The fraction of sp³-hybridized carbons (Fsp3) is 0.435. The molecule has 1 saturated heterocycles. The predicted molar refractivity (Wildman–Crippen MR) is 124 cm³/mol. The van der Waals surface area contributed by atoms with Crippen molar-refractivity contribution in [3.8, 4) is 11.5 Å². The van der Waals surface area contributed by atoms with Crippen molar-refractivity contribution >= 4 is 28.9 Å². The molecule has 7 nitrogen and oxygen atoms in total. The molecule has 0 atom stereocenters. The lowest BCUT2D eigenvalue weighted by molar-refractivity contribution is 0.00578. The van der Waals surface area contributed by atoms with Crippen LogP contribution in [0.15, 0.2) is 47.4 Å². The number of carbonyl (C=O) groups excluding carboxylic acids is 1. The first-order valence-electron chi connectivity index (χ1n) is 10.7. The highest BCUT2D eigenvalue weighted by Gasteiger charge is 2.52. The molecule has 9 heteroatoms. The Bertz CT molecular complexity index is 1060.